The lowest BCUT2D eigenvalue weighted by Gasteiger charge is -2.27. The van der Waals surface area contributed by atoms with Crippen LogP contribution in [0.25, 0.3) is 0 Å². The lowest BCUT2D eigenvalue weighted by Crippen LogP contribution is -2.44. The van der Waals surface area contributed by atoms with Crippen LogP contribution in [0.15, 0.2) is 64.6 Å². The molecule has 0 fully saturated rings. The second kappa shape index (κ2) is 12.6. The van der Waals surface area contributed by atoms with Crippen LogP contribution in [0, 0.1) is 0 Å². The number of para-hydroxylation sites is 1. The molecular weight excluding hydrogens is 490 g/mol. The number of ether oxygens (including phenoxy) is 1. The average Bonchev–Trinajstić information content (AvgIpc) is 3.25. The van der Waals surface area contributed by atoms with E-state index in [2.05, 4.69) is 15.6 Å². The second-order valence-electron chi connectivity index (χ2n) is 8.67. The molecule has 4 rings (SSSR count). The van der Waals surface area contributed by atoms with Gasteiger partial charge in [0.25, 0.3) is 5.91 Å². The largest absolute Gasteiger partial charge is 0.385 e. The van der Waals surface area contributed by atoms with Gasteiger partial charge in [0, 0.05) is 32.4 Å². The molecule has 0 radical (unpaired) electrons. The van der Waals surface area contributed by atoms with E-state index < -0.39 is 11.3 Å². The van der Waals surface area contributed by atoms with E-state index in [1.807, 2.05) is 61.5 Å². The number of carbonyl (C=O) groups excluding carboxylic acids is 3. The van der Waals surface area contributed by atoms with Crippen molar-refractivity contribution in [3.05, 3.63) is 65.7 Å². The first-order chi connectivity index (χ1) is 18.0. The summed E-state index contributed by atoms with van der Waals surface area (Å²) >= 11 is 1.24. The fourth-order valence-electron chi connectivity index (χ4n) is 4.05. The SMILES string of the molecule is CC[C@H](SC1=Nc2ccccc2C2=N[C@@H](CC(=O)NCc3ccccc3)C(=O)N12)C(=O)NCCCOC. The number of aliphatic imine (C=N–C) groups is 2. The molecule has 0 aromatic heterocycles. The third-order valence-electron chi connectivity index (χ3n) is 5.99. The molecule has 2 aromatic carbocycles. The number of amides is 3. The van der Waals surface area contributed by atoms with Crippen molar-refractivity contribution in [3.63, 3.8) is 0 Å². The van der Waals surface area contributed by atoms with Gasteiger partial charge in [-0.25, -0.2) is 9.89 Å². The van der Waals surface area contributed by atoms with E-state index in [9.17, 15) is 14.4 Å². The molecule has 2 aliphatic heterocycles. The van der Waals surface area contributed by atoms with Gasteiger partial charge in [-0.3, -0.25) is 19.4 Å². The maximum atomic E-state index is 13.5. The molecule has 2 N–H and O–H groups in total. The van der Waals surface area contributed by atoms with Crippen molar-refractivity contribution in [2.24, 2.45) is 9.98 Å². The summed E-state index contributed by atoms with van der Waals surface area (Å²) in [5, 5.41) is 5.76. The molecule has 2 heterocycles. The van der Waals surface area contributed by atoms with Gasteiger partial charge in [0.1, 0.15) is 11.9 Å². The van der Waals surface area contributed by atoms with Crippen LogP contribution < -0.4 is 10.6 Å². The highest BCUT2D eigenvalue weighted by atomic mass is 32.2. The molecule has 37 heavy (non-hydrogen) atoms. The Kier molecular flexibility index (Phi) is 9.08. The van der Waals surface area contributed by atoms with Crippen molar-refractivity contribution in [1.82, 2.24) is 15.5 Å². The number of hydrogen-bond donors (Lipinski definition) is 2. The molecule has 0 aliphatic carbocycles. The average molecular weight is 522 g/mol. The first-order valence-electron chi connectivity index (χ1n) is 12.4. The van der Waals surface area contributed by atoms with Crippen LogP contribution in [-0.2, 0) is 25.7 Å². The van der Waals surface area contributed by atoms with E-state index in [0.29, 0.717) is 49.2 Å². The lowest BCUT2D eigenvalue weighted by molar-refractivity contribution is -0.128. The highest BCUT2D eigenvalue weighted by Crippen LogP contribution is 2.35. The van der Waals surface area contributed by atoms with Gasteiger partial charge < -0.3 is 15.4 Å². The smallest absolute Gasteiger partial charge is 0.259 e. The highest BCUT2D eigenvalue weighted by Gasteiger charge is 2.43. The van der Waals surface area contributed by atoms with Gasteiger partial charge in [-0.15, -0.1) is 0 Å². The minimum absolute atomic E-state index is 0.0665. The number of methoxy groups -OCH3 is 1. The number of nitrogens with zero attached hydrogens (tertiary/aromatic N) is 3. The Morgan fingerprint density at radius 3 is 2.62 bits per heavy atom. The van der Waals surface area contributed by atoms with Gasteiger partial charge in [0.2, 0.25) is 11.8 Å². The van der Waals surface area contributed by atoms with Gasteiger partial charge in [-0.1, -0.05) is 61.2 Å². The molecule has 2 aromatic rings. The first kappa shape index (κ1) is 26.6. The maximum Gasteiger partial charge on any atom is 0.259 e. The molecule has 2 aliphatic rings. The zero-order valence-corrected chi connectivity index (χ0v) is 21.8. The Hall–Kier alpha value is -3.50. The van der Waals surface area contributed by atoms with Crippen molar-refractivity contribution in [1.29, 1.82) is 0 Å². The summed E-state index contributed by atoms with van der Waals surface area (Å²) in [7, 11) is 1.62. The van der Waals surface area contributed by atoms with Crippen molar-refractivity contribution in [3.8, 4) is 0 Å². The topological polar surface area (TPSA) is 112 Å². The molecule has 9 nitrogen and oxygen atoms in total. The van der Waals surface area contributed by atoms with Crippen LogP contribution in [0.4, 0.5) is 5.69 Å². The van der Waals surface area contributed by atoms with Crippen LogP contribution in [0.3, 0.4) is 0 Å². The quantitative estimate of drug-likeness (QED) is 0.442. The van der Waals surface area contributed by atoms with Crippen LogP contribution in [0.2, 0.25) is 0 Å². The number of rotatable bonds is 11. The van der Waals surface area contributed by atoms with E-state index in [0.717, 1.165) is 11.1 Å². The maximum absolute atomic E-state index is 13.5. The van der Waals surface area contributed by atoms with Gasteiger partial charge in [0.15, 0.2) is 5.17 Å². The number of carbonyl (C=O) groups is 3. The molecule has 0 unspecified atom stereocenters. The van der Waals surface area contributed by atoms with Crippen LogP contribution in [0.5, 0.6) is 0 Å². The summed E-state index contributed by atoms with van der Waals surface area (Å²) in [6.07, 6.45) is 1.21. The molecule has 3 amide bonds. The molecule has 194 valence electrons. The number of thioether (sulfide) groups is 1. The Bertz CT molecular complexity index is 1200. The fourth-order valence-corrected chi connectivity index (χ4v) is 5.09. The van der Waals surface area contributed by atoms with Gasteiger partial charge in [-0.05, 0) is 30.5 Å². The summed E-state index contributed by atoms with van der Waals surface area (Å²) < 4.78 is 5.04. The van der Waals surface area contributed by atoms with Crippen LogP contribution >= 0.6 is 11.8 Å². The van der Waals surface area contributed by atoms with Crippen molar-refractivity contribution >= 4 is 46.2 Å². The standard InChI is InChI=1S/C27H31N5O4S/c1-3-22(25(34)28-14-9-15-36-2)37-27-31-20-13-8-7-12-19(20)24-30-21(26(35)32(24)27)16-23(33)29-17-18-10-5-4-6-11-18/h4-8,10-13,21-22H,3,9,14-17H2,1-2H3,(H,28,34)(H,29,33)/t21-,22-/m0/s1. The second-order valence-corrected chi connectivity index (χ2v) is 9.84. The lowest BCUT2D eigenvalue weighted by atomic mass is 10.1. The Morgan fingerprint density at radius 2 is 1.86 bits per heavy atom. The predicted molar refractivity (Wildman–Crippen MR) is 145 cm³/mol. The summed E-state index contributed by atoms with van der Waals surface area (Å²) in [5.41, 5.74) is 2.38. The third-order valence-corrected chi connectivity index (χ3v) is 7.31. The highest BCUT2D eigenvalue weighted by molar-refractivity contribution is 8.15. The van der Waals surface area contributed by atoms with E-state index in [1.54, 1.807) is 7.11 Å². The van der Waals surface area contributed by atoms with Crippen LogP contribution in [-0.4, -0.2) is 65.2 Å². The third kappa shape index (κ3) is 6.44. The molecule has 0 saturated heterocycles. The zero-order chi connectivity index (χ0) is 26.2. The van der Waals surface area contributed by atoms with Crippen LogP contribution in [0.1, 0.15) is 37.3 Å². The molecule has 0 spiro atoms. The monoisotopic (exact) mass is 521 g/mol. The summed E-state index contributed by atoms with van der Waals surface area (Å²) in [5.74, 6) is -0.227. The number of hydrogen-bond acceptors (Lipinski definition) is 7. The minimum Gasteiger partial charge on any atom is -0.385 e. The van der Waals surface area contributed by atoms with Gasteiger partial charge >= 0.3 is 0 Å². The molecule has 10 heteroatoms. The first-order valence-corrected chi connectivity index (χ1v) is 13.2. The number of nitrogens with one attached hydrogen (secondary N) is 2. The molecular formula is C27H31N5O4S. The van der Waals surface area contributed by atoms with Crippen molar-refractivity contribution < 1.29 is 19.1 Å². The number of amidine groups is 2. The molecule has 2 atom stereocenters. The number of fused-ring (bicyclic) bond motifs is 3. The molecule has 0 bridgehead atoms. The zero-order valence-electron chi connectivity index (χ0n) is 21.0. The predicted octanol–water partition coefficient (Wildman–Crippen LogP) is 3.02. The molecule has 0 saturated carbocycles. The Labute approximate surface area is 220 Å². The summed E-state index contributed by atoms with van der Waals surface area (Å²) in [4.78, 5) is 49.8. The summed E-state index contributed by atoms with van der Waals surface area (Å²) in [6.45, 7) is 3.37. The van der Waals surface area contributed by atoms with Gasteiger partial charge in [0.05, 0.1) is 17.4 Å². The summed E-state index contributed by atoms with van der Waals surface area (Å²) in [6, 6.07) is 16.2. The van der Waals surface area contributed by atoms with Gasteiger partial charge in [-0.2, -0.15) is 0 Å². The minimum atomic E-state index is -0.856. The van der Waals surface area contributed by atoms with E-state index in [4.69, 9.17) is 9.73 Å². The fraction of sp³-hybridized carbons (Fsp3) is 0.370. The van der Waals surface area contributed by atoms with Crippen molar-refractivity contribution in [2.45, 2.75) is 44.0 Å². The van der Waals surface area contributed by atoms with Crippen molar-refractivity contribution in [2.75, 3.05) is 20.3 Å². The number of benzene rings is 2. The van der Waals surface area contributed by atoms with E-state index in [-0.39, 0.29) is 24.1 Å². The van der Waals surface area contributed by atoms with E-state index in [1.165, 1.54) is 16.7 Å². The Morgan fingerprint density at radius 1 is 1.11 bits per heavy atom. The van der Waals surface area contributed by atoms with E-state index >= 15 is 0 Å². The Balaban J connectivity index is 1.48. The normalized spacial score (nSPS) is 16.9.